The molecular formula is C26H43N3O3. The van der Waals surface area contributed by atoms with Gasteiger partial charge in [0.2, 0.25) is 0 Å². The molecule has 6 heteroatoms. The molecule has 2 heterocycles. The summed E-state index contributed by atoms with van der Waals surface area (Å²) in [4.78, 5) is 14.1. The predicted molar refractivity (Wildman–Crippen MR) is 131 cm³/mol. The number of rotatable bonds is 6. The van der Waals surface area contributed by atoms with Crippen LogP contribution in [-0.4, -0.2) is 48.9 Å². The minimum absolute atomic E-state index is 0.187. The summed E-state index contributed by atoms with van der Waals surface area (Å²) >= 11 is 0. The molecule has 0 bridgehead atoms. The number of carbonyl (C=O) groups excluding carboxylic acids is 1. The van der Waals surface area contributed by atoms with Crippen LogP contribution in [0, 0.1) is 12.8 Å². The number of aromatic nitrogens is 1. The number of nitrogens with zero attached hydrogens (tertiary/aromatic N) is 2. The van der Waals surface area contributed by atoms with E-state index in [4.69, 9.17) is 9.26 Å². The summed E-state index contributed by atoms with van der Waals surface area (Å²) < 4.78 is 11.2. The number of likely N-dealkylation sites (tertiary alicyclic amines) is 1. The van der Waals surface area contributed by atoms with Crippen molar-refractivity contribution in [3.8, 4) is 0 Å². The Labute approximate surface area is 194 Å². The van der Waals surface area contributed by atoms with Gasteiger partial charge in [0.05, 0.1) is 5.69 Å². The molecule has 32 heavy (non-hydrogen) atoms. The maximum absolute atomic E-state index is 12.2. The molecule has 180 valence electrons. The molecule has 1 aromatic carbocycles. The number of carbonyl (C=O) groups is 1. The molecule has 0 aliphatic carbocycles. The topological polar surface area (TPSA) is 67.6 Å². The zero-order chi connectivity index (χ0) is 23.7. The van der Waals surface area contributed by atoms with Gasteiger partial charge in [-0.2, -0.15) is 0 Å². The van der Waals surface area contributed by atoms with Crippen LogP contribution in [0.15, 0.2) is 16.7 Å². The van der Waals surface area contributed by atoms with Crippen LogP contribution in [0.3, 0.4) is 0 Å². The zero-order valence-electron chi connectivity index (χ0n) is 21.2. The molecule has 1 fully saturated rings. The number of unbranched alkanes of at least 4 members (excludes halogenated alkanes) is 1. The van der Waals surface area contributed by atoms with Crippen LogP contribution in [0.1, 0.15) is 76.6 Å². The summed E-state index contributed by atoms with van der Waals surface area (Å²) in [5.41, 5.74) is 4.20. The number of fused-ring (bicyclic) bond motifs is 1. The van der Waals surface area contributed by atoms with Gasteiger partial charge in [-0.25, -0.2) is 4.79 Å². The quantitative estimate of drug-likeness (QED) is 0.600. The number of hydrogen-bond acceptors (Lipinski definition) is 5. The van der Waals surface area contributed by atoms with Crippen LogP contribution >= 0.6 is 0 Å². The Bertz CT molecular complexity index is 846. The maximum atomic E-state index is 12.2. The van der Waals surface area contributed by atoms with Crippen molar-refractivity contribution in [2.24, 2.45) is 5.92 Å². The van der Waals surface area contributed by atoms with Gasteiger partial charge in [-0.3, -0.25) is 0 Å². The van der Waals surface area contributed by atoms with Gasteiger partial charge >= 0.3 is 6.09 Å². The van der Waals surface area contributed by atoms with Crippen LogP contribution in [0.25, 0.3) is 11.0 Å². The van der Waals surface area contributed by atoms with E-state index < -0.39 is 5.60 Å². The van der Waals surface area contributed by atoms with E-state index in [-0.39, 0.29) is 6.09 Å². The number of piperidine rings is 1. The van der Waals surface area contributed by atoms with Crippen molar-refractivity contribution in [1.29, 1.82) is 0 Å². The first-order valence-corrected chi connectivity index (χ1v) is 12.1. The Morgan fingerprint density at radius 1 is 1.22 bits per heavy atom. The summed E-state index contributed by atoms with van der Waals surface area (Å²) in [6.45, 7) is 11.7. The third kappa shape index (κ3) is 7.51. The van der Waals surface area contributed by atoms with E-state index >= 15 is 0 Å². The SMILES string of the molecule is CCCCc1ccc2c(CCC3CCN(C(=O)OC(C)(C)C)CC3)noc2c1C.CNC. The average Bonchev–Trinajstić information content (AvgIpc) is 3.15. The third-order valence-electron chi connectivity index (χ3n) is 5.93. The highest BCUT2D eigenvalue weighted by atomic mass is 16.6. The largest absolute Gasteiger partial charge is 0.444 e. The van der Waals surface area contributed by atoms with Crippen LogP contribution in [0.4, 0.5) is 4.79 Å². The van der Waals surface area contributed by atoms with Crippen LogP contribution in [0.2, 0.25) is 0 Å². The molecule has 0 saturated carbocycles. The van der Waals surface area contributed by atoms with E-state index in [2.05, 4.69) is 36.5 Å². The first kappa shape index (κ1) is 26.2. The van der Waals surface area contributed by atoms with Gasteiger partial charge in [0, 0.05) is 18.5 Å². The van der Waals surface area contributed by atoms with Crippen molar-refractivity contribution < 1.29 is 14.1 Å². The van der Waals surface area contributed by atoms with Crippen molar-refractivity contribution in [3.05, 3.63) is 29.0 Å². The second-order valence-corrected chi connectivity index (χ2v) is 9.91. The first-order chi connectivity index (χ1) is 15.2. The van der Waals surface area contributed by atoms with Crippen molar-refractivity contribution >= 4 is 17.1 Å². The fraction of sp³-hybridized carbons (Fsp3) is 0.692. The second kappa shape index (κ2) is 12.2. The standard InChI is InChI=1S/C24H36N2O3.C2H7N/c1-6-7-8-19-10-11-20-21(25-29-22(20)17(19)2)12-9-18-13-15-26(16-14-18)23(27)28-24(3,4)5;1-3-2/h10-11,18H,6-9,12-16H2,1-5H3;3H,1-2H3. The normalized spacial score (nSPS) is 14.9. The van der Waals surface area contributed by atoms with Crippen LogP contribution < -0.4 is 5.32 Å². The molecule has 0 unspecified atom stereocenters. The minimum Gasteiger partial charge on any atom is -0.444 e. The fourth-order valence-electron chi connectivity index (χ4n) is 4.12. The lowest BCUT2D eigenvalue weighted by atomic mass is 9.91. The van der Waals surface area contributed by atoms with E-state index in [0.717, 1.165) is 61.9 Å². The van der Waals surface area contributed by atoms with Crippen LogP contribution in [0.5, 0.6) is 0 Å². The summed E-state index contributed by atoms with van der Waals surface area (Å²) in [5.74, 6) is 0.616. The van der Waals surface area contributed by atoms with Gasteiger partial charge in [0.25, 0.3) is 0 Å². The lowest BCUT2D eigenvalue weighted by molar-refractivity contribution is 0.0181. The van der Waals surface area contributed by atoms with Gasteiger partial charge in [-0.15, -0.1) is 0 Å². The number of amides is 1. The maximum Gasteiger partial charge on any atom is 0.410 e. The molecule has 3 rings (SSSR count). The average molecular weight is 446 g/mol. The summed E-state index contributed by atoms with van der Waals surface area (Å²) in [6, 6.07) is 4.43. The van der Waals surface area contributed by atoms with E-state index in [1.54, 1.807) is 0 Å². The monoisotopic (exact) mass is 445 g/mol. The number of benzene rings is 1. The molecular weight excluding hydrogens is 402 g/mol. The minimum atomic E-state index is -0.434. The third-order valence-corrected chi connectivity index (χ3v) is 5.93. The smallest absolute Gasteiger partial charge is 0.410 e. The Morgan fingerprint density at radius 2 is 1.88 bits per heavy atom. The number of hydrogen-bond donors (Lipinski definition) is 1. The van der Waals surface area contributed by atoms with E-state index in [1.807, 2.05) is 39.8 Å². The molecule has 1 amide bonds. The molecule has 0 atom stereocenters. The Hall–Kier alpha value is -2.08. The Kier molecular flexibility index (Phi) is 10.0. The van der Waals surface area contributed by atoms with Gasteiger partial charge in [-0.1, -0.05) is 24.6 Å². The molecule has 1 aliphatic heterocycles. The van der Waals surface area contributed by atoms with Crippen molar-refractivity contribution in [1.82, 2.24) is 15.4 Å². The Morgan fingerprint density at radius 3 is 2.47 bits per heavy atom. The molecule has 1 aromatic heterocycles. The van der Waals surface area contributed by atoms with Gasteiger partial charge in [-0.05, 0) is 103 Å². The highest BCUT2D eigenvalue weighted by molar-refractivity contribution is 5.83. The molecule has 2 aromatic rings. The predicted octanol–water partition coefficient (Wildman–Crippen LogP) is 5.89. The van der Waals surface area contributed by atoms with Gasteiger partial charge in [0.15, 0.2) is 5.58 Å². The fourth-order valence-corrected chi connectivity index (χ4v) is 4.12. The van der Waals surface area contributed by atoms with Crippen molar-refractivity contribution in [3.63, 3.8) is 0 Å². The summed E-state index contributed by atoms with van der Waals surface area (Å²) in [6.07, 6.45) is 7.38. The highest BCUT2D eigenvalue weighted by Gasteiger charge is 2.27. The summed E-state index contributed by atoms with van der Waals surface area (Å²) in [7, 11) is 3.75. The van der Waals surface area contributed by atoms with Crippen LogP contribution in [-0.2, 0) is 17.6 Å². The molecule has 0 radical (unpaired) electrons. The zero-order valence-corrected chi connectivity index (χ0v) is 21.2. The number of ether oxygens (including phenoxy) is 1. The van der Waals surface area contributed by atoms with E-state index in [0.29, 0.717) is 5.92 Å². The number of aryl methyl sites for hydroxylation is 3. The van der Waals surface area contributed by atoms with Gasteiger partial charge < -0.3 is 19.5 Å². The molecule has 0 spiro atoms. The van der Waals surface area contributed by atoms with E-state index in [1.165, 1.54) is 24.0 Å². The molecule has 6 nitrogen and oxygen atoms in total. The lowest BCUT2D eigenvalue weighted by Crippen LogP contribution is -2.41. The highest BCUT2D eigenvalue weighted by Crippen LogP contribution is 2.29. The lowest BCUT2D eigenvalue weighted by Gasteiger charge is -2.33. The second-order valence-electron chi connectivity index (χ2n) is 9.91. The summed E-state index contributed by atoms with van der Waals surface area (Å²) in [5, 5.41) is 8.30. The van der Waals surface area contributed by atoms with Gasteiger partial charge in [0.1, 0.15) is 5.60 Å². The first-order valence-electron chi connectivity index (χ1n) is 12.1. The molecule has 1 saturated heterocycles. The molecule has 1 N–H and O–H groups in total. The van der Waals surface area contributed by atoms with Crippen molar-refractivity contribution in [2.75, 3.05) is 27.2 Å². The molecule has 1 aliphatic rings. The Balaban J connectivity index is 0.00000114. The number of nitrogens with one attached hydrogen (secondary N) is 1. The van der Waals surface area contributed by atoms with Crippen molar-refractivity contribution in [2.45, 2.75) is 85.2 Å². The van der Waals surface area contributed by atoms with E-state index in [9.17, 15) is 4.79 Å².